The van der Waals surface area contributed by atoms with Crippen molar-refractivity contribution < 1.29 is 17.6 Å². The summed E-state index contributed by atoms with van der Waals surface area (Å²) in [5.41, 5.74) is 0.444. The lowest BCUT2D eigenvalue weighted by Crippen LogP contribution is -2.12. The van der Waals surface area contributed by atoms with Crippen LogP contribution in [0.5, 0.6) is 5.75 Å². The van der Waals surface area contributed by atoms with Crippen molar-refractivity contribution in [2.24, 2.45) is 0 Å². The quantitative estimate of drug-likeness (QED) is 0.811. The first kappa shape index (κ1) is 15.9. The number of nitrogens with one attached hydrogen (secondary N) is 2. The van der Waals surface area contributed by atoms with E-state index in [2.05, 4.69) is 26.0 Å². The Balaban J connectivity index is 2.24. The van der Waals surface area contributed by atoms with E-state index in [0.717, 1.165) is 0 Å². The van der Waals surface area contributed by atoms with Gasteiger partial charge >= 0.3 is 0 Å². The normalized spacial score (nSPS) is 11.4. The Kier molecular flexibility index (Phi) is 4.92. The molecule has 1 aromatic carbocycles. The molecule has 0 saturated heterocycles. The zero-order valence-corrected chi connectivity index (χ0v) is 13.9. The van der Waals surface area contributed by atoms with Gasteiger partial charge in [-0.3, -0.25) is 4.72 Å². The molecule has 0 bridgehead atoms. The molecule has 0 spiro atoms. The molecule has 0 aliphatic heterocycles. The maximum atomic E-state index is 12.3. The maximum absolute atomic E-state index is 12.3. The number of furan rings is 1. The van der Waals surface area contributed by atoms with Gasteiger partial charge in [-0.1, -0.05) is 0 Å². The van der Waals surface area contributed by atoms with E-state index in [-0.39, 0.29) is 9.56 Å². The van der Waals surface area contributed by atoms with Gasteiger partial charge in [0, 0.05) is 11.8 Å². The minimum absolute atomic E-state index is 0.0589. The number of benzene rings is 1. The van der Waals surface area contributed by atoms with Crippen LogP contribution in [0.3, 0.4) is 0 Å². The standard InChI is InChI=1S/C13H15BrN2O4S/c1-15-8-11-7-12(13(14)20-11)21(17,18)16-9-3-5-10(19-2)6-4-9/h3-7,15-16H,8H2,1-2H3. The van der Waals surface area contributed by atoms with E-state index in [1.165, 1.54) is 6.07 Å². The fraction of sp³-hybridized carbons (Fsp3) is 0.231. The van der Waals surface area contributed by atoms with E-state index >= 15 is 0 Å². The average molecular weight is 375 g/mol. The van der Waals surface area contributed by atoms with Crippen molar-refractivity contribution in [3.05, 3.63) is 40.8 Å². The zero-order chi connectivity index (χ0) is 15.5. The van der Waals surface area contributed by atoms with Gasteiger partial charge in [0.1, 0.15) is 16.4 Å². The molecule has 1 aromatic heterocycles. The summed E-state index contributed by atoms with van der Waals surface area (Å²) in [6.45, 7) is 0.441. The Hall–Kier alpha value is -1.51. The number of rotatable bonds is 6. The smallest absolute Gasteiger partial charge is 0.266 e. The lowest BCUT2D eigenvalue weighted by atomic mass is 10.3. The first-order valence-electron chi connectivity index (χ1n) is 6.06. The average Bonchev–Trinajstić information content (AvgIpc) is 2.81. The molecule has 114 valence electrons. The fourth-order valence-corrected chi connectivity index (χ4v) is 3.77. The van der Waals surface area contributed by atoms with Gasteiger partial charge in [-0.2, -0.15) is 0 Å². The van der Waals surface area contributed by atoms with Crippen LogP contribution in [0.2, 0.25) is 0 Å². The summed E-state index contributed by atoms with van der Waals surface area (Å²) in [6.07, 6.45) is 0. The number of hydrogen-bond donors (Lipinski definition) is 2. The molecule has 0 amide bonds. The SMILES string of the molecule is CNCc1cc(S(=O)(=O)Nc2ccc(OC)cc2)c(Br)o1. The lowest BCUT2D eigenvalue weighted by Gasteiger charge is -2.07. The minimum Gasteiger partial charge on any atom is -0.497 e. The molecule has 1 heterocycles. The monoisotopic (exact) mass is 374 g/mol. The number of sulfonamides is 1. The highest BCUT2D eigenvalue weighted by molar-refractivity contribution is 9.10. The van der Waals surface area contributed by atoms with Gasteiger partial charge in [0.2, 0.25) is 0 Å². The van der Waals surface area contributed by atoms with Crippen molar-refractivity contribution in [1.82, 2.24) is 5.32 Å². The van der Waals surface area contributed by atoms with Crippen molar-refractivity contribution in [3.63, 3.8) is 0 Å². The van der Waals surface area contributed by atoms with Crippen LogP contribution in [0.15, 0.2) is 44.3 Å². The van der Waals surface area contributed by atoms with Gasteiger partial charge < -0.3 is 14.5 Å². The summed E-state index contributed by atoms with van der Waals surface area (Å²) in [5, 5.41) is 2.89. The van der Waals surface area contributed by atoms with Crippen LogP contribution in [-0.4, -0.2) is 22.6 Å². The number of ether oxygens (including phenoxy) is 1. The molecule has 21 heavy (non-hydrogen) atoms. The lowest BCUT2D eigenvalue weighted by molar-refractivity contribution is 0.415. The van der Waals surface area contributed by atoms with Crippen molar-refractivity contribution in [2.45, 2.75) is 11.4 Å². The van der Waals surface area contributed by atoms with Crippen LogP contribution in [0.25, 0.3) is 0 Å². The highest BCUT2D eigenvalue weighted by Gasteiger charge is 2.22. The number of hydrogen-bond acceptors (Lipinski definition) is 5. The molecular formula is C13H15BrN2O4S. The van der Waals surface area contributed by atoms with Crippen LogP contribution in [-0.2, 0) is 16.6 Å². The molecule has 0 fully saturated rings. The van der Waals surface area contributed by atoms with Crippen LogP contribution in [0.4, 0.5) is 5.69 Å². The largest absolute Gasteiger partial charge is 0.497 e. The van der Waals surface area contributed by atoms with Crippen molar-refractivity contribution in [3.8, 4) is 5.75 Å². The molecule has 2 aromatic rings. The van der Waals surface area contributed by atoms with Crippen LogP contribution < -0.4 is 14.8 Å². The molecule has 0 atom stereocenters. The third kappa shape index (κ3) is 3.78. The predicted molar refractivity (Wildman–Crippen MR) is 83.0 cm³/mol. The summed E-state index contributed by atoms with van der Waals surface area (Å²) in [4.78, 5) is 0.0589. The van der Waals surface area contributed by atoms with Crippen LogP contribution >= 0.6 is 15.9 Å². The van der Waals surface area contributed by atoms with Crippen molar-refractivity contribution in [1.29, 1.82) is 0 Å². The molecule has 0 unspecified atom stereocenters. The van der Waals surface area contributed by atoms with E-state index in [1.807, 2.05) is 0 Å². The molecule has 0 aliphatic carbocycles. The summed E-state index contributed by atoms with van der Waals surface area (Å²) in [7, 11) is -0.423. The van der Waals surface area contributed by atoms with Crippen molar-refractivity contribution in [2.75, 3.05) is 18.9 Å². The second-order valence-corrected chi connectivity index (χ2v) is 6.59. The van der Waals surface area contributed by atoms with Gasteiger partial charge in [0.05, 0.1) is 13.7 Å². The minimum atomic E-state index is -3.72. The van der Waals surface area contributed by atoms with Crippen LogP contribution in [0.1, 0.15) is 5.76 Å². The molecule has 0 saturated carbocycles. The summed E-state index contributed by atoms with van der Waals surface area (Å²) in [5.74, 6) is 1.18. The second kappa shape index (κ2) is 6.50. The number of anilines is 1. The summed E-state index contributed by atoms with van der Waals surface area (Å²) < 4.78 is 37.7. The molecular weight excluding hydrogens is 360 g/mol. The Morgan fingerprint density at radius 3 is 2.52 bits per heavy atom. The van der Waals surface area contributed by atoms with E-state index in [0.29, 0.717) is 23.7 Å². The van der Waals surface area contributed by atoms with Gasteiger partial charge in [-0.25, -0.2) is 8.42 Å². The topological polar surface area (TPSA) is 80.6 Å². The Bertz CT molecular complexity index is 710. The maximum Gasteiger partial charge on any atom is 0.266 e. The van der Waals surface area contributed by atoms with Gasteiger partial charge in [0.15, 0.2) is 4.67 Å². The highest BCUT2D eigenvalue weighted by Crippen LogP contribution is 2.28. The molecule has 2 N–H and O–H groups in total. The molecule has 6 nitrogen and oxygen atoms in total. The van der Waals surface area contributed by atoms with Crippen LogP contribution in [0, 0.1) is 0 Å². The zero-order valence-electron chi connectivity index (χ0n) is 11.5. The summed E-state index contributed by atoms with van der Waals surface area (Å²) >= 11 is 3.13. The van der Waals surface area contributed by atoms with Gasteiger partial charge in [0.25, 0.3) is 10.0 Å². The molecule has 0 aliphatic rings. The predicted octanol–water partition coefficient (Wildman–Crippen LogP) is 2.57. The Labute approximate surface area is 131 Å². The van der Waals surface area contributed by atoms with Gasteiger partial charge in [-0.05, 0) is 47.2 Å². The van der Waals surface area contributed by atoms with Crippen molar-refractivity contribution >= 4 is 31.6 Å². The molecule has 8 heteroatoms. The third-order valence-corrected chi connectivity index (χ3v) is 4.93. The Morgan fingerprint density at radius 2 is 1.95 bits per heavy atom. The van der Waals surface area contributed by atoms with E-state index in [4.69, 9.17) is 9.15 Å². The third-order valence-electron chi connectivity index (χ3n) is 2.69. The van der Waals surface area contributed by atoms with Gasteiger partial charge in [-0.15, -0.1) is 0 Å². The molecule has 2 rings (SSSR count). The Morgan fingerprint density at radius 1 is 1.29 bits per heavy atom. The van der Waals surface area contributed by atoms with E-state index < -0.39 is 10.0 Å². The number of methoxy groups -OCH3 is 1. The second-order valence-electron chi connectivity index (χ2n) is 4.21. The van der Waals surface area contributed by atoms with E-state index in [1.54, 1.807) is 38.4 Å². The highest BCUT2D eigenvalue weighted by atomic mass is 79.9. The number of halogens is 1. The first-order valence-corrected chi connectivity index (χ1v) is 8.33. The summed E-state index contributed by atoms with van der Waals surface area (Å²) in [6, 6.07) is 8.08. The van der Waals surface area contributed by atoms with E-state index in [9.17, 15) is 8.42 Å². The molecule has 0 radical (unpaired) electrons. The fourth-order valence-electron chi connectivity index (χ4n) is 1.71. The first-order chi connectivity index (χ1) is 9.96.